The number of esters is 3. The van der Waals surface area contributed by atoms with Gasteiger partial charge in [0.15, 0.2) is 0 Å². The van der Waals surface area contributed by atoms with Crippen molar-refractivity contribution in [3.05, 3.63) is 25.3 Å². The van der Waals surface area contributed by atoms with Crippen LogP contribution in [0.2, 0.25) is 0 Å². The Hall–Kier alpha value is -3.74. The van der Waals surface area contributed by atoms with Crippen LogP contribution in [0.3, 0.4) is 0 Å². The molecule has 0 radical (unpaired) electrons. The summed E-state index contributed by atoms with van der Waals surface area (Å²) in [7, 11) is 0. The lowest BCUT2D eigenvalue weighted by molar-refractivity contribution is -0.144. The second-order valence-electron chi connectivity index (χ2n) is 9.82. The smallest absolute Gasteiger partial charge is 0.330 e. The van der Waals surface area contributed by atoms with Gasteiger partial charge in [0.2, 0.25) is 0 Å². The summed E-state index contributed by atoms with van der Waals surface area (Å²) in [5.41, 5.74) is 0. The molecule has 0 aliphatic heterocycles. The molecule has 0 aromatic rings. The summed E-state index contributed by atoms with van der Waals surface area (Å²) >= 11 is 0. The van der Waals surface area contributed by atoms with E-state index in [0.717, 1.165) is 57.1 Å². The van der Waals surface area contributed by atoms with Crippen molar-refractivity contribution in [3.63, 3.8) is 0 Å². The highest BCUT2D eigenvalue weighted by Crippen LogP contribution is 2.08. The number of aliphatic hydroxyl groups is 1. The molecule has 0 aliphatic carbocycles. The van der Waals surface area contributed by atoms with Gasteiger partial charge >= 0.3 is 35.8 Å². The van der Waals surface area contributed by atoms with Crippen LogP contribution >= 0.6 is 0 Å². The van der Waals surface area contributed by atoms with Crippen LogP contribution in [0.1, 0.15) is 116 Å². The Bertz CT molecular complexity index is 806. The molecular formula is C32H54O13. The van der Waals surface area contributed by atoms with E-state index in [4.69, 9.17) is 29.9 Å². The lowest BCUT2D eigenvalue weighted by atomic mass is 10.1. The SMILES string of the molecule is C=CC(=O)OCCCCO.C=CC(=O)OCCCCOC(=O)CCCCCCCC(=O)O.O=C(O)CCCCCCCC(=O)O. The summed E-state index contributed by atoms with van der Waals surface area (Å²) in [6, 6.07) is 0. The van der Waals surface area contributed by atoms with E-state index >= 15 is 0 Å². The molecule has 0 amide bonds. The van der Waals surface area contributed by atoms with Gasteiger partial charge in [-0.1, -0.05) is 51.7 Å². The van der Waals surface area contributed by atoms with Gasteiger partial charge in [0.25, 0.3) is 0 Å². The van der Waals surface area contributed by atoms with Gasteiger partial charge < -0.3 is 34.6 Å². The molecule has 0 aromatic carbocycles. The van der Waals surface area contributed by atoms with Crippen molar-refractivity contribution in [1.82, 2.24) is 0 Å². The average molecular weight is 647 g/mol. The molecule has 0 aromatic heterocycles. The van der Waals surface area contributed by atoms with E-state index in [1.54, 1.807) is 0 Å². The third kappa shape index (κ3) is 47.4. The Kier molecular flexibility index (Phi) is 37.0. The number of aliphatic hydroxyl groups excluding tert-OH is 1. The highest BCUT2D eigenvalue weighted by Gasteiger charge is 2.04. The third-order valence-electron chi connectivity index (χ3n) is 5.73. The molecule has 0 fully saturated rings. The van der Waals surface area contributed by atoms with Gasteiger partial charge in [0.05, 0.1) is 19.8 Å². The Morgan fingerprint density at radius 2 is 0.756 bits per heavy atom. The fourth-order valence-electron chi connectivity index (χ4n) is 3.30. The number of aliphatic carboxylic acids is 3. The van der Waals surface area contributed by atoms with E-state index < -0.39 is 29.8 Å². The normalized spacial score (nSPS) is 9.71. The number of carboxylic acid groups (broad SMARTS) is 3. The highest BCUT2D eigenvalue weighted by molar-refractivity contribution is 5.81. The Morgan fingerprint density at radius 1 is 0.444 bits per heavy atom. The van der Waals surface area contributed by atoms with Crippen LogP contribution in [0.4, 0.5) is 0 Å². The Balaban J connectivity index is -0.000000649. The molecule has 0 saturated heterocycles. The van der Waals surface area contributed by atoms with Gasteiger partial charge in [-0.25, -0.2) is 9.59 Å². The topological polar surface area (TPSA) is 211 Å². The van der Waals surface area contributed by atoms with Gasteiger partial charge in [-0.3, -0.25) is 19.2 Å². The van der Waals surface area contributed by atoms with E-state index in [0.29, 0.717) is 71.2 Å². The Labute approximate surface area is 266 Å². The van der Waals surface area contributed by atoms with Gasteiger partial charge in [-0.05, 0) is 51.4 Å². The van der Waals surface area contributed by atoms with Crippen LogP contribution in [0.5, 0.6) is 0 Å². The first-order valence-corrected chi connectivity index (χ1v) is 15.5. The van der Waals surface area contributed by atoms with E-state index in [1.807, 2.05) is 0 Å². The number of unbranched alkanes of at least 4 members (excludes halogenated alkanes) is 10. The van der Waals surface area contributed by atoms with Crippen LogP contribution in [0, 0.1) is 0 Å². The summed E-state index contributed by atoms with van der Waals surface area (Å²) in [5.74, 6) is -3.34. The van der Waals surface area contributed by atoms with Crippen LogP contribution < -0.4 is 0 Å². The summed E-state index contributed by atoms with van der Waals surface area (Å²) in [5, 5.41) is 33.4. The number of carboxylic acids is 3. The second kappa shape index (κ2) is 36.5. The number of hydrogen-bond acceptors (Lipinski definition) is 10. The molecule has 0 saturated carbocycles. The first kappa shape index (κ1) is 45.7. The first-order valence-electron chi connectivity index (χ1n) is 15.5. The summed E-state index contributed by atoms with van der Waals surface area (Å²) in [6.07, 6.45) is 14.2. The maximum atomic E-state index is 11.4. The molecule has 0 heterocycles. The van der Waals surface area contributed by atoms with Crippen LogP contribution in [0.15, 0.2) is 25.3 Å². The van der Waals surface area contributed by atoms with Gasteiger partial charge in [-0.2, -0.15) is 0 Å². The molecule has 0 rings (SSSR count). The van der Waals surface area contributed by atoms with Crippen molar-refractivity contribution in [3.8, 4) is 0 Å². The molecule has 4 N–H and O–H groups in total. The summed E-state index contributed by atoms with van der Waals surface area (Å²) < 4.78 is 14.5. The quantitative estimate of drug-likeness (QED) is 0.0390. The van der Waals surface area contributed by atoms with Crippen molar-refractivity contribution in [2.75, 3.05) is 26.4 Å². The van der Waals surface area contributed by atoms with Crippen molar-refractivity contribution >= 4 is 35.8 Å². The number of carbonyl (C=O) groups excluding carboxylic acids is 3. The predicted octanol–water partition coefficient (Wildman–Crippen LogP) is 5.23. The average Bonchev–Trinajstić information content (AvgIpc) is 3.00. The molecule has 13 heteroatoms. The van der Waals surface area contributed by atoms with Gasteiger partial charge in [0.1, 0.15) is 0 Å². The van der Waals surface area contributed by atoms with Crippen molar-refractivity contribution in [1.29, 1.82) is 0 Å². The minimum absolute atomic E-state index is 0.144. The first-order chi connectivity index (χ1) is 21.5. The molecule has 45 heavy (non-hydrogen) atoms. The van der Waals surface area contributed by atoms with Crippen LogP contribution in [0.25, 0.3) is 0 Å². The third-order valence-corrected chi connectivity index (χ3v) is 5.73. The maximum absolute atomic E-state index is 11.4. The standard InChI is InChI=1S/C16H26O6.C9H16O4.C7H12O3/c1-2-15(19)21-12-8-9-13-22-16(20)11-7-5-3-4-6-10-14(17)18;10-8(11)6-4-2-1-3-5-7-9(12)13;1-2-7(9)10-6-4-3-5-8/h2H,1,3-13H2,(H,17,18);1-7H2,(H,10,11)(H,12,13);2,8H,1,3-6H2. The van der Waals surface area contributed by atoms with E-state index in [-0.39, 0.29) is 31.8 Å². The molecule has 0 atom stereocenters. The lowest BCUT2D eigenvalue weighted by Crippen LogP contribution is -2.07. The van der Waals surface area contributed by atoms with E-state index in [2.05, 4.69) is 17.9 Å². The van der Waals surface area contributed by atoms with Crippen molar-refractivity contribution in [2.24, 2.45) is 0 Å². The van der Waals surface area contributed by atoms with Crippen LogP contribution in [-0.2, 0) is 43.0 Å². The Morgan fingerprint density at radius 3 is 1.09 bits per heavy atom. The molecule has 13 nitrogen and oxygen atoms in total. The molecular weight excluding hydrogens is 592 g/mol. The van der Waals surface area contributed by atoms with Crippen molar-refractivity contribution in [2.45, 2.75) is 116 Å². The molecule has 0 aliphatic rings. The maximum Gasteiger partial charge on any atom is 0.330 e. The van der Waals surface area contributed by atoms with E-state index in [9.17, 15) is 28.8 Å². The molecule has 260 valence electrons. The van der Waals surface area contributed by atoms with Gasteiger partial charge in [-0.15, -0.1) is 0 Å². The number of rotatable bonds is 27. The fraction of sp³-hybridized carbons (Fsp3) is 0.688. The van der Waals surface area contributed by atoms with E-state index in [1.165, 1.54) is 0 Å². The highest BCUT2D eigenvalue weighted by atomic mass is 16.5. The van der Waals surface area contributed by atoms with Crippen molar-refractivity contribution < 1.29 is 63.4 Å². The number of hydrogen-bond donors (Lipinski definition) is 4. The molecule has 0 bridgehead atoms. The monoisotopic (exact) mass is 646 g/mol. The van der Waals surface area contributed by atoms with Crippen LogP contribution in [-0.4, -0.2) is 82.7 Å². The zero-order valence-corrected chi connectivity index (χ0v) is 26.6. The number of carbonyl (C=O) groups is 6. The summed E-state index contributed by atoms with van der Waals surface area (Å²) in [6.45, 7) is 7.68. The molecule has 0 spiro atoms. The van der Waals surface area contributed by atoms with Gasteiger partial charge in [0, 0.05) is 44.4 Å². The fourth-order valence-corrected chi connectivity index (χ4v) is 3.30. The minimum atomic E-state index is -0.761. The summed E-state index contributed by atoms with van der Waals surface area (Å²) in [4.78, 5) is 63.0. The largest absolute Gasteiger partial charge is 0.481 e. The number of ether oxygens (including phenoxy) is 3. The predicted molar refractivity (Wildman–Crippen MR) is 166 cm³/mol. The zero-order chi connectivity index (χ0) is 34.6. The second-order valence-corrected chi connectivity index (χ2v) is 9.82. The zero-order valence-electron chi connectivity index (χ0n) is 26.6. The lowest BCUT2D eigenvalue weighted by Gasteiger charge is -2.05. The minimum Gasteiger partial charge on any atom is -0.481 e. The molecule has 0 unspecified atom stereocenters.